The van der Waals surface area contributed by atoms with Crippen LogP contribution >= 0.6 is 0 Å². The summed E-state index contributed by atoms with van der Waals surface area (Å²) in [4.78, 5) is 14.2. The van der Waals surface area contributed by atoms with Gasteiger partial charge in [0, 0.05) is 19.0 Å². The predicted molar refractivity (Wildman–Crippen MR) is 66.2 cm³/mol. The van der Waals surface area contributed by atoms with Crippen LogP contribution in [0.1, 0.15) is 64.7 Å². The molecule has 0 bridgehead atoms. The lowest BCUT2D eigenvalue weighted by molar-refractivity contribution is -0.132. The minimum atomic E-state index is 0.413. The Balaban J connectivity index is 1.83. The molecule has 92 valence electrons. The predicted octanol–water partition coefficient (Wildman–Crippen LogP) is 3.36. The van der Waals surface area contributed by atoms with Crippen molar-refractivity contribution in [1.29, 1.82) is 0 Å². The number of hydrogen-bond acceptors (Lipinski definition) is 1. The monoisotopic (exact) mass is 223 g/mol. The van der Waals surface area contributed by atoms with Crippen LogP contribution in [0.4, 0.5) is 0 Å². The number of amides is 1. The zero-order valence-electron chi connectivity index (χ0n) is 10.6. The fraction of sp³-hybridized carbons (Fsp3) is 0.929. The number of rotatable bonds is 5. The molecule has 2 aliphatic rings. The quantitative estimate of drug-likeness (QED) is 0.700. The van der Waals surface area contributed by atoms with Crippen LogP contribution in [0, 0.1) is 5.92 Å². The van der Waals surface area contributed by atoms with Gasteiger partial charge in [0.15, 0.2) is 0 Å². The molecule has 0 atom stereocenters. The van der Waals surface area contributed by atoms with Gasteiger partial charge in [0.1, 0.15) is 0 Å². The third-order valence-corrected chi connectivity index (χ3v) is 3.95. The summed E-state index contributed by atoms with van der Waals surface area (Å²) in [5.74, 6) is 1.21. The highest BCUT2D eigenvalue weighted by atomic mass is 16.2. The number of nitrogens with zero attached hydrogens (tertiary/aromatic N) is 1. The number of hydrogen-bond donors (Lipinski definition) is 0. The van der Waals surface area contributed by atoms with E-state index >= 15 is 0 Å². The Morgan fingerprint density at radius 1 is 1.12 bits per heavy atom. The molecule has 0 spiro atoms. The highest BCUT2D eigenvalue weighted by molar-refractivity contribution is 5.76. The van der Waals surface area contributed by atoms with Gasteiger partial charge in [0.05, 0.1) is 0 Å². The van der Waals surface area contributed by atoms with E-state index in [0.29, 0.717) is 11.9 Å². The Labute approximate surface area is 99.4 Å². The van der Waals surface area contributed by atoms with E-state index < -0.39 is 0 Å². The summed E-state index contributed by atoms with van der Waals surface area (Å²) in [5.41, 5.74) is 0. The number of carbonyl (C=O) groups excluding carboxylic acids is 1. The molecule has 0 aromatic heterocycles. The normalized spacial score (nSPS) is 22.1. The molecule has 2 saturated carbocycles. The lowest BCUT2D eigenvalue weighted by Crippen LogP contribution is -2.37. The van der Waals surface area contributed by atoms with Crippen molar-refractivity contribution in [3.8, 4) is 0 Å². The second-order valence-corrected chi connectivity index (χ2v) is 5.53. The zero-order chi connectivity index (χ0) is 11.4. The molecule has 2 aliphatic carbocycles. The second kappa shape index (κ2) is 5.70. The molecule has 0 aromatic rings. The molecule has 0 radical (unpaired) electrons. The largest absolute Gasteiger partial charge is 0.339 e. The van der Waals surface area contributed by atoms with Gasteiger partial charge in [0.25, 0.3) is 0 Å². The highest BCUT2D eigenvalue weighted by Crippen LogP contribution is 2.31. The van der Waals surface area contributed by atoms with Crippen LogP contribution in [0.15, 0.2) is 0 Å². The first kappa shape index (κ1) is 11.9. The minimum Gasteiger partial charge on any atom is -0.339 e. The fourth-order valence-electron chi connectivity index (χ4n) is 2.85. The maximum atomic E-state index is 12.0. The standard InChI is InChI=1S/C14H25NO/c1-2-6-14(16)15(13-9-10-13)11-12-7-4-3-5-8-12/h12-13H,2-11H2,1H3. The maximum absolute atomic E-state index is 12.0. The molecule has 0 heterocycles. The summed E-state index contributed by atoms with van der Waals surface area (Å²) in [6.45, 7) is 3.16. The van der Waals surface area contributed by atoms with Crippen molar-refractivity contribution in [3.63, 3.8) is 0 Å². The summed E-state index contributed by atoms with van der Waals surface area (Å²) in [7, 11) is 0. The smallest absolute Gasteiger partial charge is 0.222 e. The van der Waals surface area contributed by atoms with E-state index in [4.69, 9.17) is 0 Å². The first-order valence-electron chi connectivity index (χ1n) is 7.10. The highest BCUT2D eigenvalue weighted by Gasteiger charge is 2.33. The van der Waals surface area contributed by atoms with Gasteiger partial charge in [-0.05, 0) is 38.0 Å². The summed E-state index contributed by atoms with van der Waals surface area (Å²) in [6, 6.07) is 0.612. The molecule has 1 amide bonds. The summed E-state index contributed by atoms with van der Waals surface area (Å²) < 4.78 is 0. The lowest BCUT2D eigenvalue weighted by atomic mass is 9.89. The van der Waals surface area contributed by atoms with Crippen LogP contribution in [0.2, 0.25) is 0 Å². The van der Waals surface area contributed by atoms with E-state index in [2.05, 4.69) is 11.8 Å². The molecule has 2 nitrogen and oxygen atoms in total. The van der Waals surface area contributed by atoms with E-state index in [9.17, 15) is 4.79 Å². The topological polar surface area (TPSA) is 20.3 Å². The Morgan fingerprint density at radius 3 is 2.38 bits per heavy atom. The molecule has 2 rings (SSSR count). The van der Waals surface area contributed by atoms with Crippen LogP contribution in [0.3, 0.4) is 0 Å². The van der Waals surface area contributed by atoms with Gasteiger partial charge < -0.3 is 4.90 Å². The van der Waals surface area contributed by atoms with E-state index in [1.54, 1.807) is 0 Å². The Kier molecular flexibility index (Phi) is 4.25. The minimum absolute atomic E-state index is 0.413. The van der Waals surface area contributed by atoms with Gasteiger partial charge in [-0.1, -0.05) is 26.2 Å². The zero-order valence-corrected chi connectivity index (χ0v) is 10.6. The summed E-state index contributed by atoms with van der Waals surface area (Å²) in [5, 5.41) is 0. The summed E-state index contributed by atoms with van der Waals surface area (Å²) >= 11 is 0. The van der Waals surface area contributed by atoms with E-state index in [0.717, 1.165) is 25.3 Å². The number of carbonyl (C=O) groups is 1. The second-order valence-electron chi connectivity index (χ2n) is 5.53. The molecular formula is C14H25NO. The average molecular weight is 223 g/mol. The average Bonchev–Trinajstić information content (AvgIpc) is 3.11. The van der Waals surface area contributed by atoms with Crippen molar-refractivity contribution >= 4 is 5.91 Å². The van der Waals surface area contributed by atoms with Gasteiger partial charge in [-0.3, -0.25) is 4.79 Å². The van der Waals surface area contributed by atoms with E-state index in [1.165, 1.54) is 44.9 Å². The Bertz CT molecular complexity index is 229. The molecule has 16 heavy (non-hydrogen) atoms. The van der Waals surface area contributed by atoms with Gasteiger partial charge >= 0.3 is 0 Å². The van der Waals surface area contributed by atoms with E-state index in [1.807, 2.05) is 0 Å². The van der Waals surface area contributed by atoms with Crippen LogP contribution < -0.4 is 0 Å². The third kappa shape index (κ3) is 3.23. The molecule has 0 saturated heterocycles. The van der Waals surface area contributed by atoms with Crippen LogP contribution in [-0.2, 0) is 4.79 Å². The van der Waals surface area contributed by atoms with Gasteiger partial charge in [-0.15, -0.1) is 0 Å². The maximum Gasteiger partial charge on any atom is 0.222 e. The van der Waals surface area contributed by atoms with Crippen molar-refractivity contribution in [1.82, 2.24) is 4.90 Å². The van der Waals surface area contributed by atoms with Gasteiger partial charge in [-0.2, -0.15) is 0 Å². The first-order valence-corrected chi connectivity index (χ1v) is 7.10. The molecule has 0 aliphatic heterocycles. The van der Waals surface area contributed by atoms with Crippen LogP contribution in [0.25, 0.3) is 0 Å². The Morgan fingerprint density at radius 2 is 1.81 bits per heavy atom. The molecule has 2 heteroatoms. The SMILES string of the molecule is CCCC(=O)N(CC1CCCCC1)C1CC1. The molecule has 2 fully saturated rings. The van der Waals surface area contributed by atoms with Crippen LogP contribution in [-0.4, -0.2) is 23.4 Å². The van der Waals surface area contributed by atoms with Gasteiger partial charge in [-0.25, -0.2) is 0 Å². The van der Waals surface area contributed by atoms with Crippen molar-refractivity contribution in [3.05, 3.63) is 0 Å². The Hall–Kier alpha value is -0.530. The van der Waals surface area contributed by atoms with Crippen molar-refractivity contribution in [2.45, 2.75) is 70.8 Å². The van der Waals surface area contributed by atoms with Crippen molar-refractivity contribution in [2.24, 2.45) is 5.92 Å². The lowest BCUT2D eigenvalue weighted by Gasteiger charge is -2.30. The van der Waals surface area contributed by atoms with Gasteiger partial charge in [0.2, 0.25) is 5.91 Å². The van der Waals surface area contributed by atoms with Crippen molar-refractivity contribution in [2.75, 3.05) is 6.54 Å². The molecular weight excluding hydrogens is 198 g/mol. The van der Waals surface area contributed by atoms with Crippen LogP contribution in [0.5, 0.6) is 0 Å². The summed E-state index contributed by atoms with van der Waals surface area (Å²) in [6.07, 6.45) is 11.1. The third-order valence-electron chi connectivity index (χ3n) is 3.95. The molecule has 0 aromatic carbocycles. The molecule has 0 unspecified atom stereocenters. The van der Waals surface area contributed by atoms with E-state index in [-0.39, 0.29) is 0 Å². The molecule has 0 N–H and O–H groups in total. The van der Waals surface area contributed by atoms with Crippen molar-refractivity contribution < 1.29 is 4.79 Å². The fourth-order valence-corrected chi connectivity index (χ4v) is 2.85. The first-order chi connectivity index (χ1) is 7.81.